The van der Waals surface area contributed by atoms with Crippen molar-refractivity contribution in [2.75, 3.05) is 11.9 Å². The van der Waals surface area contributed by atoms with E-state index in [1.54, 1.807) is 29.8 Å². The molecular formula is C18H17FN2O2S. The van der Waals surface area contributed by atoms with E-state index in [4.69, 9.17) is 4.74 Å². The van der Waals surface area contributed by atoms with Crippen molar-refractivity contribution in [3.05, 3.63) is 53.3 Å². The van der Waals surface area contributed by atoms with Crippen LogP contribution in [0.15, 0.2) is 41.9 Å². The van der Waals surface area contributed by atoms with Crippen LogP contribution in [0.5, 0.6) is 5.75 Å². The lowest BCUT2D eigenvalue weighted by molar-refractivity contribution is -0.115. The molecule has 124 valence electrons. The lowest BCUT2D eigenvalue weighted by atomic mass is 10.1. The number of fused-ring (bicyclic) bond motifs is 1. The minimum absolute atomic E-state index is 0.0457. The molecule has 1 amide bonds. The van der Waals surface area contributed by atoms with Crippen molar-refractivity contribution >= 4 is 33.1 Å². The van der Waals surface area contributed by atoms with Crippen molar-refractivity contribution < 1.29 is 13.9 Å². The Morgan fingerprint density at radius 2 is 2.21 bits per heavy atom. The first-order valence-corrected chi connectivity index (χ1v) is 8.58. The highest BCUT2D eigenvalue weighted by Crippen LogP contribution is 2.23. The van der Waals surface area contributed by atoms with Crippen molar-refractivity contribution in [3.63, 3.8) is 0 Å². The van der Waals surface area contributed by atoms with E-state index in [1.165, 1.54) is 11.3 Å². The molecule has 24 heavy (non-hydrogen) atoms. The average molecular weight is 344 g/mol. The molecule has 0 aliphatic carbocycles. The van der Waals surface area contributed by atoms with E-state index >= 15 is 0 Å². The second kappa shape index (κ2) is 7.40. The van der Waals surface area contributed by atoms with Crippen LogP contribution in [-0.4, -0.2) is 17.5 Å². The van der Waals surface area contributed by atoms with Crippen LogP contribution in [0.4, 0.5) is 10.1 Å². The first kappa shape index (κ1) is 16.4. The number of halogens is 1. The number of benzene rings is 2. The highest BCUT2D eigenvalue weighted by molar-refractivity contribution is 7.16. The third-order valence-electron chi connectivity index (χ3n) is 3.47. The van der Waals surface area contributed by atoms with Gasteiger partial charge < -0.3 is 10.1 Å². The number of aromatic nitrogens is 1. The van der Waals surface area contributed by atoms with Gasteiger partial charge in [-0.15, -0.1) is 11.3 Å². The van der Waals surface area contributed by atoms with Crippen LogP contribution in [-0.2, 0) is 11.2 Å². The molecule has 2 aromatic carbocycles. The summed E-state index contributed by atoms with van der Waals surface area (Å²) < 4.78 is 20.7. The number of rotatable bonds is 6. The van der Waals surface area contributed by atoms with Crippen LogP contribution in [0, 0.1) is 5.82 Å². The maximum atomic E-state index is 14.4. The molecule has 3 rings (SSSR count). The normalized spacial score (nSPS) is 10.8. The maximum Gasteiger partial charge on any atom is 0.228 e. The van der Waals surface area contributed by atoms with Gasteiger partial charge in [0.05, 0.1) is 28.8 Å². The molecular weight excluding hydrogens is 327 g/mol. The number of anilines is 1. The summed E-state index contributed by atoms with van der Waals surface area (Å²) >= 11 is 1.51. The van der Waals surface area contributed by atoms with Gasteiger partial charge in [-0.05, 0) is 30.7 Å². The van der Waals surface area contributed by atoms with Crippen molar-refractivity contribution in [2.45, 2.75) is 19.8 Å². The molecule has 0 bridgehead atoms. The van der Waals surface area contributed by atoms with Crippen LogP contribution in [0.3, 0.4) is 0 Å². The van der Waals surface area contributed by atoms with E-state index in [9.17, 15) is 9.18 Å². The third-order valence-corrected chi connectivity index (χ3v) is 4.26. The number of carbonyl (C=O) groups is 1. The number of thiazole rings is 1. The zero-order chi connectivity index (χ0) is 16.9. The van der Waals surface area contributed by atoms with E-state index in [1.807, 2.05) is 19.1 Å². The Bertz CT molecular complexity index is 863. The SMILES string of the molecule is CCCOc1cccc(CC(=O)Nc2ccc3ncsc3c2)c1F. The van der Waals surface area contributed by atoms with Crippen molar-refractivity contribution in [1.29, 1.82) is 0 Å². The van der Waals surface area contributed by atoms with Gasteiger partial charge in [0.25, 0.3) is 0 Å². The first-order chi connectivity index (χ1) is 11.7. The molecule has 0 radical (unpaired) electrons. The minimum atomic E-state index is -0.473. The van der Waals surface area contributed by atoms with E-state index in [0.717, 1.165) is 16.6 Å². The summed E-state index contributed by atoms with van der Waals surface area (Å²) in [7, 11) is 0. The average Bonchev–Trinajstić information content (AvgIpc) is 3.03. The summed E-state index contributed by atoms with van der Waals surface area (Å²) in [5.74, 6) is -0.558. The fourth-order valence-corrected chi connectivity index (χ4v) is 3.04. The molecule has 0 unspecified atom stereocenters. The molecule has 0 fully saturated rings. The smallest absolute Gasteiger partial charge is 0.228 e. The summed E-state index contributed by atoms with van der Waals surface area (Å²) in [6.45, 7) is 2.40. The number of amides is 1. The largest absolute Gasteiger partial charge is 0.491 e. The van der Waals surface area contributed by atoms with Gasteiger partial charge >= 0.3 is 0 Å². The van der Waals surface area contributed by atoms with E-state index in [0.29, 0.717) is 17.9 Å². The molecule has 0 aliphatic heterocycles. The van der Waals surface area contributed by atoms with Crippen LogP contribution < -0.4 is 10.1 Å². The molecule has 1 heterocycles. The summed E-state index contributed by atoms with van der Waals surface area (Å²) in [6.07, 6.45) is 0.750. The Morgan fingerprint density at radius 1 is 1.33 bits per heavy atom. The molecule has 4 nitrogen and oxygen atoms in total. The first-order valence-electron chi connectivity index (χ1n) is 7.70. The minimum Gasteiger partial charge on any atom is -0.491 e. The van der Waals surface area contributed by atoms with E-state index < -0.39 is 5.82 Å². The van der Waals surface area contributed by atoms with Gasteiger partial charge in [0, 0.05) is 11.3 Å². The van der Waals surface area contributed by atoms with Gasteiger partial charge in [-0.3, -0.25) is 4.79 Å². The quantitative estimate of drug-likeness (QED) is 0.721. The monoisotopic (exact) mass is 344 g/mol. The lowest BCUT2D eigenvalue weighted by Gasteiger charge is -2.10. The second-order valence-electron chi connectivity index (χ2n) is 5.34. The lowest BCUT2D eigenvalue weighted by Crippen LogP contribution is -2.15. The standard InChI is InChI=1S/C18H17FN2O2S/c1-2-8-23-15-5-3-4-12(18(15)19)9-17(22)21-13-6-7-14-16(10-13)24-11-20-14/h3-7,10-11H,2,8-9H2,1H3,(H,21,22). The third kappa shape index (κ3) is 3.71. The molecule has 0 aliphatic rings. The highest BCUT2D eigenvalue weighted by atomic mass is 32.1. The van der Waals surface area contributed by atoms with Gasteiger partial charge in [0.2, 0.25) is 5.91 Å². The number of carbonyl (C=O) groups excluding carboxylic acids is 1. The predicted octanol–water partition coefficient (Wildman–Crippen LogP) is 4.41. The van der Waals surface area contributed by atoms with Crippen LogP contribution in [0.1, 0.15) is 18.9 Å². The summed E-state index contributed by atoms with van der Waals surface area (Å²) in [6, 6.07) is 10.4. The van der Waals surface area contributed by atoms with Gasteiger partial charge in [-0.1, -0.05) is 19.1 Å². The van der Waals surface area contributed by atoms with Crippen LogP contribution in [0.2, 0.25) is 0 Å². The number of ether oxygens (including phenoxy) is 1. The molecule has 1 N–H and O–H groups in total. The molecule has 0 atom stereocenters. The van der Waals surface area contributed by atoms with E-state index in [2.05, 4.69) is 10.3 Å². The number of hydrogen-bond acceptors (Lipinski definition) is 4. The number of nitrogens with zero attached hydrogens (tertiary/aromatic N) is 1. The van der Waals surface area contributed by atoms with Crippen LogP contribution in [0.25, 0.3) is 10.2 Å². The molecule has 1 aromatic heterocycles. The predicted molar refractivity (Wildman–Crippen MR) is 94.1 cm³/mol. The van der Waals surface area contributed by atoms with Gasteiger partial charge in [-0.25, -0.2) is 9.37 Å². The molecule has 0 saturated heterocycles. The molecule has 0 spiro atoms. The van der Waals surface area contributed by atoms with Crippen LogP contribution >= 0.6 is 11.3 Å². The fourth-order valence-electron chi connectivity index (χ4n) is 2.33. The number of nitrogens with one attached hydrogen (secondary N) is 1. The maximum absolute atomic E-state index is 14.4. The molecule has 3 aromatic rings. The molecule has 0 saturated carbocycles. The van der Waals surface area contributed by atoms with E-state index in [-0.39, 0.29) is 18.1 Å². The zero-order valence-electron chi connectivity index (χ0n) is 13.2. The Labute approximate surface area is 143 Å². The van der Waals surface area contributed by atoms with Gasteiger partial charge in [0.1, 0.15) is 0 Å². The van der Waals surface area contributed by atoms with Crippen molar-refractivity contribution in [1.82, 2.24) is 4.98 Å². The summed E-state index contributed by atoms with van der Waals surface area (Å²) in [5.41, 5.74) is 3.65. The molecule has 6 heteroatoms. The Hall–Kier alpha value is -2.47. The Balaban J connectivity index is 1.70. The summed E-state index contributed by atoms with van der Waals surface area (Å²) in [4.78, 5) is 16.4. The van der Waals surface area contributed by atoms with Gasteiger partial charge in [-0.2, -0.15) is 0 Å². The zero-order valence-corrected chi connectivity index (χ0v) is 14.0. The topological polar surface area (TPSA) is 51.2 Å². The Kier molecular flexibility index (Phi) is 5.05. The second-order valence-corrected chi connectivity index (χ2v) is 6.22. The number of hydrogen-bond donors (Lipinski definition) is 1. The summed E-state index contributed by atoms with van der Waals surface area (Å²) in [5, 5.41) is 2.79. The van der Waals surface area contributed by atoms with Crippen molar-refractivity contribution in [2.24, 2.45) is 0 Å². The Morgan fingerprint density at radius 3 is 3.04 bits per heavy atom. The highest BCUT2D eigenvalue weighted by Gasteiger charge is 2.13. The van der Waals surface area contributed by atoms with Crippen molar-refractivity contribution in [3.8, 4) is 5.75 Å². The fraction of sp³-hybridized carbons (Fsp3) is 0.222. The van der Waals surface area contributed by atoms with Gasteiger partial charge in [0.15, 0.2) is 11.6 Å².